The van der Waals surface area contributed by atoms with Crippen LogP contribution >= 0.6 is 11.6 Å². The van der Waals surface area contributed by atoms with Gasteiger partial charge in [-0.2, -0.15) is 13.2 Å². The maximum atomic E-state index is 13.4. The smallest absolute Gasteiger partial charge is 0.400 e. The number of para-hydroxylation sites is 1. The fourth-order valence-electron chi connectivity index (χ4n) is 4.49. The number of rotatable bonds is 12. The van der Waals surface area contributed by atoms with Crippen molar-refractivity contribution in [3.63, 3.8) is 0 Å². The van der Waals surface area contributed by atoms with Crippen molar-refractivity contribution >= 4 is 45.7 Å². The van der Waals surface area contributed by atoms with Crippen molar-refractivity contribution in [3.05, 3.63) is 100 Å². The van der Waals surface area contributed by atoms with Crippen LogP contribution in [0.5, 0.6) is 5.75 Å². The molecule has 1 N–H and O–H groups in total. The molecule has 0 aliphatic carbocycles. The number of aryl methyl sites for hydroxylation is 1. The van der Waals surface area contributed by atoms with Crippen LogP contribution in [-0.4, -0.2) is 41.7 Å². The van der Waals surface area contributed by atoms with Gasteiger partial charge >= 0.3 is 6.18 Å². The summed E-state index contributed by atoms with van der Waals surface area (Å²) in [6.07, 6.45) is -6.68. The number of alkyl halides is 5. The third-order valence-corrected chi connectivity index (χ3v) is 7.62. The van der Waals surface area contributed by atoms with Crippen molar-refractivity contribution in [2.24, 2.45) is 5.41 Å². The normalized spacial score (nSPS) is 11.9. The zero-order valence-electron chi connectivity index (χ0n) is 24.2. The summed E-state index contributed by atoms with van der Waals surface area (Å²) in [6.45, 7) is 0.690. The molecule has 0 aliphatic heterocycles. The topological polar surface area (TPSA) is 85.4 Å². The SMILES string of the molecule is CC(C)(C(=O)CCc1ccc(Cl)c(C(=O)Cc2ccc(OCC(F)F)c(C(=O)Nc3ccnc4ccccc34)c2)c1)C(F)(F)F. The number of nitrogens with zero attached hydrogens (tertiary/aromatic N) is 1. The van der Waals surface area contributed by atoms with Crippen molar-refractivity contribution in [2.75, 3.05) is 11.9 Å². The predicted molar refractivity (Wildman–Crippen MR) is 160 cm³/mol. The molecule has 0 saturated heterocycles. The van der Waals surface area contributed by atoms with Gasteiger partial charge in [-0.25, -0.2) is 8.78 Å². The molecule has 1 aromatic heterocycles. The van der Waals surface area contributed by atoms with Crippen molar-refractivity contribution < 1.29 is 41.1 Å². The summed E-state index contributed by atoms with van der Waals surface area (Å²) in [5.41, 5.74) is -0.704. The van der Waals surface area contributed by atoms with E-state index in [2.05, 4.69) is 10.3 Å². The first-order valence-electron chi connectivity index (χ1n) is 13.8. The van der Waals surface area contributed by atoms with E-state index in [9.17, 15) is 36.3 Å². The number of halogens is 6. The molecule has 4 rings (SSSR count). The Morgan fingerprint density at radius 3 is 2.33 bits per heavy atom. The number of fused-ring (bicyclic) bond motifs is 1. The third-order valence-electron chi connectivity index (χ3n) is 7.29. The molecule has 45 heavy (non-hydrogen) atoms. The molecule has 0 radical (unpaired) electrons. The van der Waals surface area contributed by atoms with Gasteiger partial charge < -0.3 is 10.1 Å². The van der Waals surface area contributed by atoms with Crippen LogP contribution in [-0.2, 0) is 17.6 Å². The zero-order chi connectivity index (χ0) is 32.9. The molecule has 0 saturated carbocycles. The van der Waals surface area contributed by atoms with Crippen LogP contribution in [0.25, 0.3) is 10.9 Å². The molecule has 236 valence electrons. The second kappa shape index (κ2) is 13.7. The van der Waals surface area contributed by atoms with E-state index in [1.807, 2.05) is 0 Å². The Balaban J connectivity index is 1.56. The van der Waals surface area contributed by atoms with E-state index in [1.54, 1.807) is 30.3 Å². The van der Waals surface area contributed by atoms with Gasteiger partial charge in [0.25, 0.3) is 12.3 Å². The van der Waals surface area contributed by atoms with Crippen LogP contribution in [0.3, 0.4) is 0 Å². The number of carbonyl (C=O) groups is 3. The lowest BCUT2D eigenvalue weighted by Crippen LogP contribution is -2.39. The standard InChI is InChI=1S/C33H28ClF5N2O4/c1-32(2,33(37,38)39)29(43)12-9-19-7-10-24(34)22(15-19)27(42)17-20-8-11-28(45-18-30(35)36)23(16-20)31(44)41-26-13-14-40-25-6-4-3-5-21(25)26/h3-8,10-11,13-16,30H,9,12,17-18H2,1-2H3,(H,40,41,44). The van der Waals surface area contributed by atoms with Gasteiger partial charge in [0, 0.05) is 30.0 Å². The van der Waals surface area contributed by atoms with E-state index in [0.29, 0.717) is 27.7 Å². The van der Waals surface area contributed by atoms with Crippen LogP contribution in [0.4, 0.5) is 27.6 Å². The fraction of sp³-hybridized carbons (Fsp3) is 0.273. The van der Waals surface area contributed by atoms with Gasteiger partial charge in [0.1, 0.15) is 23.6 Å². The molecule has 1 amide bonds. The molecule has 3 aromatic carbocycles. The Bertz CT molecular complexity index is 1740. The number of carbonyl (C=O) groups excluding carboxylic acids is 3. The first-order chi connectivity index (χ1) is 21.2. The number of aromatic nitrogens is 1. The summed E-state index contributed by atoms with van der Waals surface area (Å²) in [5.74, 6) is -2.25. The highest BCUT2D eigenvalue weighted by atomic mass is 35.5. The Morgan fingerprint density at radius 2 is 1.62 bits per heavy atom. The maximum absolute atomic E-state index is 13.4. The van der Waals surface area contributed by atoms with Crippen LogP contribution in [0, 0.1) is 5.41 Å². The molecule has 0 atom stereocenters. The summed E-state index contributed by atoms with van der Waals surface area (Å²) >= 11 is 6.27. The highest BCUT2D eigenvalue weighted by molar-refractivity contribution is 6.34. The minimum Gasteiger partial charge on any atom is -0.487 e. The Kier molecular flexibility index (Phi) is 10.2. The van der Waals surface area contributed by atoms with E-state index < -0.39 is 48.5 Å². The summed E-state index contributed by atoms with van der Waals surface area (Å²) in [6, 6.07) is 17.1. The molecule has 1 heterocycles. The van der Waals surface area contributed by atoms with E-state index in [-0.39, 0.29) is 34.7 Å². The van der Waals surface area contributed by atoms with Gasteiger partial charge in [-0.15, -0.1) is 0 Å². The summed E-state index contributed by atoms with van der Waals surface area (Å²) < 4.78 is 70.8. The quantitative estimate of drug-likeness (QED) is 0.124. The summed E-state index contributed by atoms with van der Waals surface area (Å²) in [7, 11) is 0. The number of benzene rings is 3. The first kappa shape index (κ1) is 33.5. The fourth-order valence-corrected chi connectivity index (χ4v) is 4.71. The molecule has 0 unspecified atom stereocenters. The molecule has 12 heteroatoms. The first-order valence-corrected chi connectivity index (χ1v) is 14.2. The van der Waals surface area contributed by atoms with Crippen LogP contribution in [0.15, 0.2) is 72.9 Å². The van der Waals surface area contributed by atoms with E-state index >= 15 is 0 Å². The van der Waals surface area contributed by atoms with Gasteiger partial charge in [-0.1, -0.05) is 41.9 Å². The summed E-state index contributed by atoms with van der Waals surface area (Å²) in [5, 5.41) is 3.48. The van der Waals surface area contributed by atoms with Gasteiger partial charge in [-0.05, 0) is 67.8 Å². The minimum atomic E-state index is -4.70. The number of pyridine rings is 1. The lowest BCUT2D eigenvalue weighted by molar-refractivity contribution is -0.210. The number of ketones is 2. The predicted octanol–water partition coefficient (Wildman–Crippen LogP) is 8.30. The number of hydrogen-bond acceptors (Lipinski definition) is 5. The number of ether oxygens (including phenoxy) is 1. The molecular weight excluding hydrogens is 619 g/mol. The lowest BCUT2D eigenvalue weighted by Gasteiger charge is -2.26. The Labute approximate surface area is 260 Å². The average molecular weight is 647 g/mol. The molecule has 0 spiro atoms. The van der Waals surface area contributed by atoms with Crippen LogP contribution in [0.1, 0.15) is 52.1 Å². The van der Waals surface area contributed by atoms with Gasteiger partial charge in [0.05, 0.1) is 21.8 Å². The van der Waals surface area contributed by atoms with Crippen molar-refractivity contribution in [1.29, 1.82) is 0 Å². The number of hydrogen-bond donors (Lipinski definition) is 1. The Hall–Kier alpha value is -4.38. The molecule has 6 nitrogen and oxygen atoms in total. The Morgan fingerprint density at radius 1 is 0.933 bits per heavy atom. The molecular formula is C33H28ClF5N2O4. The van der Waals surface area contributed by atoms with Crippen LogP contribution < -0.4 is 10.1 Å². The third kappa shape index (κ3) is 8.02. The molecule has 4 aromatic rings. The van der Waals surface area contributed by atoms with Crippen molar-refractivity contribution in [2.45, 2.75) is 45.7 Å². The van der Waals surface area contributed by atoms with Crippen LogP contribution in [0.2, 0.25) is 5.02 Å². The number of Topliss-reactive ketones (excluding diaryl/α,β-unsaturated/α-hetero) is 2. The molecule has 0 aliphatic rings. The van der Waals surface area contributed by atoms with E-state index in [4.69, 9.17) is 16.3 Å². The minimum absolute atomic E-state index is 0.0417. The summed E-state index contributed by atoms with van der Waals surface area (Å²) in [4.78, 5) is 43.2. The molecule has 0 bridgehead atoms. The second-order valence-corrected chi connectivity index (χ2v) is 11.2. The van der Waals surface area contributed by atoms with E-state index in [1.165, 1.54) is 42.6 Å². The number of amides is 1. The van der Waals surface area contributed by atoms with Gasteiger partial charge in [0.15, 0.2) is 5.78 Å². The number of nitrogens with one attached hydrogen (secondary N) is 1. The average Bonchev–Trinajstić information content (AvgIpc) is 2.99. The monoisotopic (exact) mass is 646 g/mol. The maximum Gasteiger partial charge on any atom is 0.400 e. The number of anilines is 1. The lowest BCUT2D eigenvalue weighted by atomic mass is 9.84. The highest BCUT2D eigenvalue weighted by Gasteiger charge is 2.51. The van der Waals surface area contributed by atoms with Gasteiger partial charge in [-0.3, -0.25) is 19.4 Å². The second-order valence-electron chi connectivity index (χ2n) is 10.8. The zero-order valence-corrected chi connectivity index (χ0v) is 24.9. The highest BCUT2D eigenvalue weighted by Crippen LogP contribution is 2.39. The van der Waals surface area contributed by atoms with E-state index in [0.717, 1.165) is 13.8 Å². The van der Waals surface area contributed by atoms with Crippen molar-refractivity contribution in [3.8, 4) is 5.75 Å². The van der Waals surface area contributed by atoms with Gasteiger partial charge in [0.2, 0.25) is 0 Å². The van der Waals surface area contributed by atoms with Crippen molar-refractivity contribution in [1.82, 2.24) is 4.98 Å². The largest absolute Gasteiger partial charge is 0.487 e. The molecule has 0 fully saturated rings.